The highest BCUT2D eigenvalue weighted by Gasteiger charge is 2.36. The van der Waals surface area contributed by atoms with Gasteiger partial charge >= 0.3 is 0 Å². The predicted molar refractivity (Wildman–Crippen MR) is 133 cm³/mol. The molecule has 0 unspecified atom stereocenters. The second-order valence-electron chi connectivity index (χ2n) is 8.85. The van der Waals surface area contributed by atoms with Gasteiger partial charge in [0.1, 0.15) is 11.5 Å². The summed E-state index contributed by atoms with van der Waals surface area (Å²) in [4.78, 5) is 36.5. The number of amides is 2. The molecule has 35 heavy (non-hydrogen) atoms. The van der Waals surface area contributed by atoms with Crippen LogP contribution in [0.2, 0.25) is 0 Å². The van der Waals surface area contributed by atoms with E-state index in [4.69, 9.17) is 0 Å². The van der Waals surface area contributed by atoms with E-state index in [1.54, 1.807) is 0 Å². The molecule has 2 aliphatic heterocycles. The molecule has 2 aromatic heterocycles. The summed E-state index contributed by atoms with van der Waals surface area (Å²) in [6.07, 6.45) is 0.967. The number of hydrogen-bond acceptors (Lipinski definition) is 7. The summed E-state index contributed by atoms with van der Waals surface area (Å²) in [6.45, 7) is 1.63. The zero-order valence-corrected chi connectivity index (χ0v) is 21.3. The number of aromatic nitrogens is 2. The van der Waals surface area contributed by atoms with Crippen molar-refractivity contribution in [3.05, 3.63) is 51.4 Å². The molecule has 1 fully saturated rings. The Morgan fingerprint density at radius 1 is 1.20 bits per heavy atom. The average Bonchev–Trinajstić information content (AvgIpc) is 3.38. The number of halogens is 2. The van der Waals surface area contributed by atoms with Gasteiger partial charge in [0.05, 0.1) is 29.3 Å². The van der Waals surface area contributed by atoms with Crippen molar-refractivity contribution in [2.75, 3.05) is 25.1 Å². The number of aromatic amines is 1. The average molecular weight is 542 g/mol. The minimum absolute atomic E-state index is 0. The van der Waals surface area contributed by atoms with E-state index in [1.807, 2.05) is 7.05 Å². The summed E-state index contributed by atoms with van der Waals surface area (Å²) in [5.74, 6) is -1.67. The maximum absolute atomic E-state index is 13.5. The van der Waals surface area contributed by atoms with Crippen molar-refractivity contribution in [2.24, 2.45) is 0 Å². The lowest BCUT2D eigenvalue weighted by Crippen LogP contribution is -2.58. The molecule has 1 saturated heterocycles. The van der Waals surface area contributed by atoms with Crippen molar-refractivity contribution < 1.29 is 22.4 Å². The number of nitrogens with zero attached hydrogens (tertiary/aromatic N) is 2. The first-order valence-corrected chi connectivity index (χ1v) is 13.6. The third kappa shape index (κ3) is 5.50. The van der Waals surface area contributed by atoms with Gasteiger partial charge in [-0.1, -0.05) is 0 Å². The summed E-state index contributed by atoms with van der Waals surface area (Å²) in [5.41, 5.74) is 1.70. The van der Waals surface area contributed by atoms with Crippen LogP contribution in [0.1, 0.15) is 37.3 Å². The first-order chi connectivity index (χ1) is 16.2. The number of sulfone groups is 1. The number of hydrogen-bond donors (Lipinski definition) is 3. The van der Waals surface area contributed by atoms with Gasteiger partial charge in [-0.2, -0.15) is 0 Å². The fourth-order valence-corrected chi connectivity index (χ4v) is 7.15. The van der Waals surface area contributed by atoms with Crippen LogP contribution in [0.4, 0.5) is 4.39 Å². The molecule has 188 valence electrons. The van der Waals surface area contributed by atoms with Gasteiger partial charge in [-0.25, -0.2) is 17.8 Å². The lowest BCUT2D eigenvalue weighted by atomic mass is 10.1. The molecule has 3 N–H and O–H groups in total. The molecule has 5 rings (SSSR count). The topological polar surface area (TPSA) is 124 Å². The molecule has 0 bridgehead atoms. The summed E-state index contributed by atoms with van der Waals surface area (Å²) in [6, 6.07) is 4.26. The molecule has 1 aromatic carbocycles. The third-order valence-corrected chi connectivity index (χ3v) is 9.04. The van der Waals surface area contributed by atoms with Crippen LogP contribution in [0.15, 0.2) is 24.3 Å². The van der Waals surface area contributed by atoms with Gasteiger partial charge in [-0.15, -0.1) is 23.7 Å². The maximum Gasteiger partial charge on any atom is 0.280 e. The van der Waals surface area contributed by atoms with E-state index < -0.39 is 33.6 Å². The monoisotopic (exact) mass is 541 g/mol. The molecule has 0 aliphatic carbocycles. The SMILES string of the molecule is CN1CCc2nc(C(=O)N[C@@H]3CCS(=O)(=O)C[C@@H]3NC(=O)c3cc4cc(F)ccc4[nH]3)sc2C1.Cl. The van der Waals surface area contributed by atoms with Gasteiger partial charge in [0.2, 0.25) is 0 Å². The number of rotatable bonds is 4. The van der Waals surface area contributed by atoms with Crippen LogP contribution in [-0.2, 0) is 22.8 Å². The van der Waals surface area contributed by atoms with E-state index in [0.717, 1.165) is 30.1 Å². The van der Waals surface area contributed by atoms with E-state index in [9.17, 15) is 22.4 Å². The van der Waals surface area contributed by atoms with Gasteiger partial charge in [0.15, 0.2) is 14.8 Å². The zero-order valence-electron chi connectivity index (χ0n) is 18.8. The molecule has 2 atom stereocenters. The van der Waals surface area contributed by atoms with Gasteiger partial charge in [0.25, 0.3) is 11.8 Å². The van der Waals surface area contributed by atoms with E-state index in [0.29, 0.717) is 15.9 Å². The van der Waals surface area contributed by atoms with E-state index in [-0.39, 0.29) is 41.9 Å². The summed E-state index contributed by atoms with van der Waals surface area (Å²) in [5, 5.41) is 6.51. The molecule has 2 aliphatic rings. The van der Waals surface area contributed by atoms with Crippen LogP contribution in [0.5, 0.6) is 0 Å². The van der Waals surface area contributed by atoms with Crippen LogP contribution in [0.3, 0.4) is 0 Å². The third-order valence-electron chi connectivity index (χ3n) is 6.24. The number of benzene rings is 1. The summed E-state index contributed by atoms with van der Waals surface area (Å²) in [7, 11) is -1.36. The number of nitrogens with one attached hydrogen (secondary N) is 3. The van der Waals surface area contributed by atoms with Crippen LogP contribution < -0.4 is 10.6 Å². The van der Waals surface area contributed by atoms with E-state index in [2.05, 4.69) is 25.5 Å². The Balaban J connectivity index is 0.00000289. The molecule has 0 saturated carbocycles. The number of thiazole rings is 1. The fraction of sp³-hybridized carbons (Fsp3) is 0.409. The maximum atomic E-state index is 13.5. The Bertz CT molecular complexity index is 1390. The lowest BCUT2D eigenvalue weighted by molar-refractivity contribution is 0.0882. The largest absolute Gasteiger partial charge is 0.351 e. The van der Waals surface area contributed by atoms with Crippen molar-refractivity contribution in [1.82, 2.24) is 25.5 Å². The Kier molecular flexibility index (Phi) is 7.18. The van der Waals surface area contributed by atoms with Gasteiger partial charge < -0.3 is 20.5 Å². The van der Waals surface area contributed by atoms with Crippen molar-refractivity contribution in [3.8, 4) is 0 Å². The second kappa shape index (κ2) is 9.84. The summed E-state index contributed by atoms with van der Waals surface area (Å²) >= 11 is 1.35. The number of likely N-dealkylation sites (N-methyl/N-ethyl adjacent to an activating group) is 1. The Morgan fingerprint density at radius 3 is 2.77 bits per heavy atom. The number of fused-ring (bicyclic) bond motifs is 2. The van der Waals surface area contributed by atoms with Gasteiger partial charge in [-0.05, 0) is 37.7 Å². The minimum atomic E-state index is -3.38. The highest BCUT2D eigenvalue weighted by Crippen LogP contribution is 2.25. The van der Waals surface area contributed by atoms with Crippen molar-refractivity contribution in [3.63, 3.8) is 0 Å². The first kappa shape index (κ1) is 25.5. The Labute approximate surface area is 211 Å². The van der Waals surface area contributed by atoms with E-state index >= 15 is 0 Å². The quantitative estimate of drug-likeness (QED) is 0.463. The van der Waals surface area contributed by atoms with Crippen LogP contribution in [0.25, 0.3) is 10.9 Å². The van der Waals surface area contributed by atoms with Crippen molar-refractivity contribution in [1.29, 1.82) is 0 Å². The van der Waals surface area contributed by atoms with Crippen LogP contribution in [0, 0.1) is 5.82 Å². The second-order valence-corrected chi connectivity index (χ2v) is 12.2. The number of H-pyrrole nitrogens is 1. The molecule has 0 radical (unpaired) electrons. The predicted octanol–water partition coefficient (Wildman–Crippen LogP) is 1.89. The smallest absolute Gasteiger partial charge is 0.280 e. The highest BCUT2D eigenvalue weighted by molar-refractivity contribution is 7.91. The number of carbonyl (C=O) groups is 2. The Morgan fingerprint density at radius 2 is 1.97 bits per heavy atom. The Hall–Kier alpha value is -2.54. The highest BCUT2D eigenvalue weighted by atomic mass is 35.5. The molecular weight excluding hydrogens is 517 g/mol. The number of carbonyl (C=O) groups excluding carboxylic acids is 2. The zero-order chi connectivity index (χ0) is 24.0. The molecule has 2 amide bonds. The molecule has 0 spiro atoms. The summed E-state index contributed by atoms with van der Waals surface area (Å²) < 4.78 is 38.1. The normalized spacial score (nSPS) is 21.7. The molecule has 9 nitrogen and oxygen atoms in total. The lowest BCUT2D eigenvalue weighted by Gasteiger charge is -2.32. The van der Waals surface area contributed by atoms with Crippen LogP contribution in [-0.4, -0.2) is 72.3 Å². The van der Waals surface area contributed by atoms with Gasteiger partial charge in [0, 0.05) is 35.3 Å². The molecular formula is C22H25ClFN5O4S2. The van der Waals surface area contributed by atoms with Crippen molar-refractivity contribution >= 4 is 56.3 Å². The first-order valence-electron chi connectivity index (χ1n) is 10.9. The standard InChI is InChI=1S/C22H24FN5O4S2.ClH/c1-28-6-4-16-19(10-28)33-22(27-16)21(30)25-15-5-7-34(31,32)11-18(15)26-20(29)17-9-12-8-13(23)2-3-14(12)24-17;/h2-3,8-9,15,18,24H,4-7,10-11H2,1H3,(H,25,30)(H,26,29);1H/t15-,18+;/m1./s1. The molecule has 13 heteroatoms. The van der Waals surface area contributed by atoms with Gasteiger partial charge in [-0.3, -0.25) is 9.59 Å². The van der Waals surface area contributed by atoms with Crippen molar-refractivity contribution in [2.45, 2.75) is 31.5 Å². The molecule has 3 aromatic rings. The molecule has 4 heterocycles. The van der Waals surface area contributed by atoms with Crippen LogP contribution >= 0.6 is 23.7 Å². The fourth-order valence-electron chi connectivity index (χ4n) is 4.42. The van der Waals surface area contributed by atoms with E-state index in [1.165, 1.54) is 35.6 Å². The minimum Gasteiger partial charge on any atom is -0.351 e.